The Morgan fingerprint density at radius 3 is 1.70 bits per heavy atom. The van der Waals surface area contributed by atoms with Crippen LogP contribution in [-0.4, -0.2) is 10.7 Å². The lowest BCUT2D eigenvalue weighted by molar-refractivity contribution is 0.789. The van der Waals surface area contributed by atoms with Gasteiger partial charge in [0.25, 0.3) is 0 Å². The van der Waals surface area contributed by atoms with Crippen LogP contribution in [0, 0.1) is 0 Å². The fourth-order valence-electron chi connectivity index (χ4n) is 9.00. The van der Waals surface area contributed by atoms with Crippen molar-refractivity contribution in [3.8, 4) is 0 Å². The molecule has 2 bridgehead atoms. The summed E-state index contributed by atoms with van der Waals surface area (Å²) in [7, 11) is 0. The zero-order chi connectivity index (χ0) is 35.8. The van der Waals surface area contributed by atoms with E-state index in [-0.39, 0.29) is 5.41 Å². The smallest absolute Gasteiger partial charge is 0.0735 e. The third-order valence-corrected chi connectivity index (χ3v) is 11.1. The van der Waals surface area contributed by atoms with Crippen LogP contribution >= 0.6 is 0 Å². The summed E-state index contributed by atoms with van der Waals surface area (Å²) in [5, 5.41) is 3.30. The lowest BCUT2D eigenvalue weighted by atomic mass is 9.66. The number of aromatic nitrogens is 1. The molecule has 0 radical (unpaired) electrons. The summed E-state index contributed by atoms with van der Waals surface area (Å²) in [4.78, 5) is 0. The van der Waals surface area contributed by atoms with Crippen LogP contribution in [0.25, 0.3) is 22.8 Å². The molecule has 258 valence electrons. The zero-order valence-electron chi connectivity index (χ0n) is 30.3. The second-order valence-corrected chi connectivity index (χ2v) is 13.8. The van der Waals surface area contributed by atoms with Gasteiger partial charge in [-0.05, 0) is 74.9 Å². The van der Waals surface area contributed by atoms with Gasteiger partial charge in [0.1, 0.15) is 0 Å². The summed E-state index contributed by atoms with van der Waals surface area (Å²) in [6.45, 7) is 4.00. The quantitative estimate of drug-likeness (QED) is 0.189. The van der Waals surface area contributed by atoms with E-state index in [1.54, 1.807) is 0 Å². The molecule has 0 fully saturated rings. The Labute approximate surface area is 313 Å². The van der Waals surface area contributed by atoms with Crippen LogP contribution in [-0.2, 0) is 18.3 Å². The van der Waals surface area contributed by atoms with Crippen LogP contribution in [0.15, 0.2) is 176 Å². The molecule has 2 N–H and O–H groups in total. The lowest BCUT2D eigenvalue weighted by Gasteiger charge is -2.36. The maximum absolute atomic E-state index is 3.96. The Bertz CT molecular complexity index is 2360. The van der Waals surface area contributed by atoms with E-state index >= 15 is 0 Å². The molecule has 6 aromatic carbocycles. The number of nitrogens with one attached hydrogen (secondary N) is 2. The molecular formula is C50H43N3. The van der Waals surface area contributed by atoms with E-state index in [0.29, 0.717) is 6.04 Å². The lowest BCUT2D eigenvalue weighted by Crippen LogP contribution is -2.31. The molecule has 1 aliphatic heterocycles. The molecule has 11 rings (SSSR count). The molecule has 1 aromatic heterocycles. The summed E-state index contributed by atoms with van der Waals surface area (Å²) in [6, 6.07) is 62.9. The van der Waals surface area contributed by atoms with Gasteiger partial charge in [-0.25, -0.2) is 0 Å². The molecule has 7 aromatic rings. The van der Waals surface area contributed by atoms with Gasteiger partial charge < -0.3 is 10.7 Å². The van der Waals surface area contributed by atoms with E-state index in [1.165, 1.54) is 67.1 Å². The second-order valence-electron chi connectivity index (χ2n) is 13.8. The number of hydrogen-bond acceptors (Lipinski definition) is 2. The van der Waals surface area contributed by atoms with E-state index in [9.17, 15) is 0 Å². The van der Waals surface area contributed by atoms with Gasteiger partial charge in [0.15, 0.2) is 0 Å². The average Bonchev–Trinajstić information content (AvgIpc) is 3.95. The van der Waals surface area contributed by atoms with Gasteiger partial charge in [-0.1, -0.05) is 166 Å². The third-order valence-electron chi connectivity index (χ3n) is 11.1. The molecule has 0 amide bonds. The van der Waals surface area contributed by atoms with Crippen molar-refractivity contribution in [1.29, 1.82) is 0 Å². The Kier molecular flexibility index (Phi) is 8.40. The minimum Gasteiger partial charge on any atom is -0.356 e. The summed E-state index contributed by atoms with van der Waals surface area (Å²) < 4.78 is 2.47. The largest absolute Gasteiger partial charge is 0.356 e. The van der Waals surface area contributed by atoms with Crippen LogP contribution in [0.1, 0.15) is 64.2 Å². The molecule has 0 saturated heterocycles. The molecule has 0 saturated carbocycles. The second kappa shape index (κ2) is 13.7. The molecule has 53 heavy (non-hydrogen) atoms. The Morgan fingerprint density at radius 1 is 0.604 bits per heavy atom. The molecule has 3 nitrogen and oxygen atoms in total. The molecule has 0 spiro atoms. The van der Waals surface area contributed by atoms with E-state index in [0.717, 1.165) is 24.2 Å². The van der Waals surface area contributed by atoms with Crippen LogP contribution in [0.3, 0.4) is 0 Å². The molecule has 4 aliphatic rings. The normalized spacial score (nSPS) is 16.1. The van der Waals surface area contributed by atoms with E-state index in [4.69, 9.17) is 0 Å². The average molecular weight is 686 g/mol. The van der Waals surface area contributed by atoms with Gasteiger partial charge >= 0.3 is 0 Å². The first-order valence-electron chi connectivity index (χ1n) is 18.9. The fourth-order valence-corrected chi connectivity index (χ4v) is 9.00. The number of para-hydroxylation sites is 2. The van der Waals surface area contributed by atoms with Gasteiger partial charge in [0.05, 0.1) is 22.8 Å². The monoisotopic (exact) mass is 685 g/mol. The molecule has 1 unspecified atom stereocenters. The summed E-state index contributed by atoms with van der Waals surface area (Å²) in [6.07, 6.45) is 4.50. The first-order valence-corrected chi connectivity index (χ1v) is 18.9. The maximum atomic E-state index is 3.96. The molecule has 3 heteroatoms. The van der Waals surface area contributed by atoms with E-state index in [1.807, 2.05) is 74.5 Å². The number of rotatable bonds is 5. The van der Waals surface area contributed by atoms with Gasteiger partial charge in [-0.3, -0.25) is 4.68 Å². The van der Waals surface area contributed by atoms with Crippen molar-refractivity contribution in [2.24, 2.45) is 0 Å². The van der Waals surface area contributed by atoms with Crippen molar-refractivity contribution in [1.82, 2.24) is 4.68 Å². The number of nitrogens with zero attached hydrogens (tertiary/aromatic N) is 1. The number of allylic oxidation sites excluding steroid dienone is 2. The Morgan fingerprint density at radius 2 is 1.11 bits per heavy atom. The van der Waals surface area contributed by atoms with Crippen LogP contribution in [0.4, 0.5) is 11.4 Å². The Hall–Kier alpha value is -6.32. The summed E-state index contributed by atoms with van der Waals surface area (Å²) in [5.41, 5.74) is 22.7. The zero-order valence-corrected chi connectivity index (χ0v) is 30.3. The van der Waals surface area contributed by atoms with Crippen molar-refractivity contribution in [3.63, 3.8) is 0 Å². The van der Waals surface area contributed by atoms with Crippen LogP contribution in [0.2, 0.25) is 0 Å². The standard InChI is InChI=1S/C36H26N2.C12H11N.C2H6/c1-4-12-23(13-5-1)27-20-28-30-21-29-26-18-10-11-19-31(26)36(24-14-6-2-7-15-24,25-16-8-3-9-17-25)34(29)35(30)38-33(28)22-32(27)37-38;1-3-7-11(8-4-1)13-12-9-5-2-6-10-12;1-2/h1-20,32,37H,21-22H2;1-10,13H;1-2H3. The van der Waals surface area contributed by atoms with Crippen molar-refractivity contribution in [2.75, 3.05) is 10.7 Å². The number of anilines is 2. The molecule has 2 heterocycles. The minimum absolute atomic E-state index is 0.307. The predicted octanol–water partition coefficient (Wildman–Crippen LogP) is 11.8. The van der Waals surface area contributed by atoms with Crippen molar-refractivity contribution in [3.05, 3.63) is 226 Å². The fraction of sp³-hybridized carbons (Fsp3) is 0.120. The van der Waals surface area contributed by atoms with Crippen LogP contribution in [0.5, 0.6) is 0 Å². The summed E-state index contributed by atoms with van der Waals surface area (Å²) >= 11 is 0. The number of benzene rings is 6. The van der Waals surface area contributed by atoms with Crippen LogP contribution < -0.4 is 10.7 Å². The number of hydrogen-bond donors (Lipinski definition) is 2. The van der Waals surface area contributed by atoms with E-state index < -0.39 is 0 Å². The first kappa shape index (κ1) is 32.6. The van der Waals surface area contributed by atoms with Gasteiger partial charge in [0, 0.05) is 35.4 Å². The molecular weight excluding hydrogens is 643 g/mol. The van der Waals surface area contributed by atoms with E-state index in [2.05, 4.69) is 137 Å². The minimum atomic E-state index is -0.350. The highest BCUT2D eigenvalue weighted by Crippen LogP contribution is 2.63. The predicted molar refractivity (Wildman–Crippen MR) is 223 cm³/mol. The maximum Gasteiger partial charge on any atom is 0.0735 e. The van der Waals surface area contributed by atoms with Crippen molar-refractivity contribution in [2.45, 2.75) is 38.1 Å². The van der Waals surface area contributed by atoms with Gasteiger partial charge in [-0.2, -0.15) is 0 Å². The SMILES string of the molecule is C1=C(c2ccccc2)C2Cc3c1c1c(n3N2)C2=C(C1)c1ccccc1C2(c1ccccc1)c1ccccc1.CC.c1ccc(Nc2ccccc2)cc1. The number of fused-ring (bicyclic) bond motifs is 7. The van der Waals surface area contributed by atoms with Gasteiger partial charge in [0.2, 0.25) is 0 Å². The molecule has 3 aliphatic carbocycles. The first-order chi connectivity index (χ1) is 26.3. The van der Waals surface area contributed by atoms with Crippen molar-refractivity contribution < 1.29 is 0 Å². The third kappa shape index (κ3) is 5.26. The summed E-state index contributed by atoms with van der Waals surface area (Å²) in [5.74, 6) is 0. The highest BCUT2D eigenvalue weighted by molar-refractivity contribution is 6.11. The highest BCUT2D eigenvalue weighted by atomic mass is 15.5. The Balaban J connectivity index is 0.000000210. The molecule has 1 atom stereocenters. The highest BCUT2D eigenvalue weighted by Gasteiger charge is 2.53. The van der Waals surface area contributed by atoms with Crippen molar-refractivity contribution >= 4 is 34.2 Å². The topological polar surface area (TPSA) is 29.0 Å². The van der Waals surface area contributed by atoms with Gasteiger partial charge in [-0.15, -0.1) is 0 Å².